The molecule has 32 heavy (non-hydrogen) atoms. The van der Waals surface area contributed by atoms with Crippen molar-refractivity contribution in [2.24, 2.45) is 0 Å². The number of hydrogen-bond acceptors (Lipinski definition) is 6. The smallest absolute Gasteiger partial charge is 0.267 e. The second-order valence-corrected chi connectivity index (χ2v) is 7.61. The molecule has 8 nitrogen and oxygen atoms in total. The minimum Gasteiger partial charge on any atom is -0.486 e. The molecule has 0 aliphatic carbocycles. The predicted octanol–water partition coefficient (Wildman–Crippen LogP) is 2.64. The average Bonchev–Trinajstić information content (AvgIpc) is 3.10. The second-order valence-electron chi connectivity index (χ2n) is 7.61. The average molecular weight is 440 g/mol. The molecular formula is C22H22F2N6O2. The number of ether oxygens (including phenoxy) is 1. The van der Waals surface area contributed by atoms with Gasteiger partial charge in [-0.25, -0.2) is 18.4 Å². The summed E-state index contributed by atoms with van der Waals surface area (Å²) in [6.45, 7) is 0.825. The zero-order valence-corrected chi connectivity index (χ0v) is 17.6. The molecule has 4 rings (SSSR count). The van der Waals surface area contributed by atoms with Gasteiger partial charge in [0.15, 0.2) is 23.3 Å². The largest absolute Gasteiger partial charge is 0.486 e. The standard InChI is InChI=1S/C22H22F2N6O2/c1-29(2)7-8-32-21-15(23)10-14(11-16(21)24)17-5-6-20(31)30(28-17)12-13-3-4-18-19(9-13)27-22(25)26-18/h3-6,9-11H,7-8,12H2,1-2H3,(H3,25,26,27). The molecule has 166 valence electrons. The Labute approximate surface area is 182 Å². The summed E-state index contributed by atoms with van der Waals surface area (Å²) < 4.78 is 35.5. The van der Waals surface area contributed by atoms with Crippen LogP contribution in [0.5, 0.6) is 5.75 Å². The highest BCUT2D eigenvalue weighted by Gasteiger charge is 2.15. The number of nitrogens with two attached hydrogens (primary N) is 1. The molecule has 3 N–H and O–H groups in total. The topological polar surface area (TPSA) is 102 Å². The van der Waals surface area contributed by atoms with E-state index in [4.69, 9.17) is 10.5 Å². The third-order valence-electron chi connectivity index (χ3n) is 4.84. The molecule has 0 saturated heterocycles. The molecule has 0 radical (unpaired) electrons. The molecule has 2 heterocycles. The van der Waals surface area contributed by atoms with Crippen LogP contribution in [-0.2, 0) is 6.54 Å². The van der Waals surface area contributed by atoms with E-state index in [9.17, 15) is 13.6 Å². The van der Waals surface area contributed by atoms with Gasteiger partial charge in [-0.05, 0) is 50.0 Å². The molecule has 2 aromatic carbocycles. The lowest BCUT2D eigenvalue weighted by Gasteiger charge is -2.13. The van der Waals surface area contributed by atoms with Gasteiger partial charge >= 0.3 is 0 Å². The molecule has 0 spiro atoms. The van der Waals surface area contributed by atoms with Gasteiger partial charge in [0.1, 0.15) is 6.61 Å². The first-order chi connectivity index (χ1) is 15.3. The van der Waals surface area contributed by atoms with Crippen LogP contribution in [0.3, 0.4) is 0 Å². The Balaban J connectivity index is 1.61. The summed E-state index contributed by atoms with van der Waals surface area (Å²) in [5, 5.41) is 4.29. The maximum Gasteiger partial charge on any atom is 0.267 e. The molecule has 10 heteroatoms. The van der Waals surface area contributed by atoms with E-state index in [1.54, 1.807) is 6.07 Å². The molecule has 0 aliphatic heterocycles. The number of nitrogen functional groups attached to an aromatic ring is 1. The van der Waals surface area contributed by atoms with E-state index in [0.717, 1.165) is 23.2 Å². The minimum atomic E-state index is -0.833. The van der Waals surface area contributed by atoms with Crippen LogP contribution in [0.15, 0.2) is 47.3 Å². The Morgan fingerprint density at radius 3 is 2.59 bits per heavy atom. The van der Waals surface area contributed by atoms with Gasteiger partial charge in [0.25, 0.3) is 5.56 Å². The molecule has 0 unspecified atom stereocenters. The predicted molar refractivity (Wildman–Crippen MR) is 118 cm³/mol. The molecule has 2 aromatic heterocycles. The van der Waals surface area contributed by atoms with Crippen molar-refractivity contribution in [2.45, 2.75) is 6.54 Å². The highest BCUT2D eigenvalue weighted by molar-refractivity contribution is 5.77. The van der Waals surface area contributed by atoms with Crippen molar-refractivity contribution < 1.29 is 13.5 Å². The summed E-state index contributed by atoms with van der Waals surface area (Å²) in [7, 11) is 3.67. The normalized spacial score (nSPS) is 11.4. The lowest BCUT2D eigenvalue weighted by Crippen LogP contribution is -2.23. The summed E-state index contributed by atoms with van der Waals surface area (Å²) in [6.07, 6.45) is 0. The highest BCUT2D eigenvalue weighted by atomic mass is 19.1. The van der Waals surface area contributed by atoms with Crippen LogP contribution in [0.1, 0.15) is 5.56 Å². The fourth-order valence-corrected chi connectivity index (χ4v) is 3.23. The van der Waals surface area contributed by atoms with Crippen molar-refractivity contribution in [2.75, 3.05) is 33.0 Å². The number of nitrogens with zero attached hydrogens (tertiary/aromatic N) is 4. The van der Waals surface area contributed by atoms with Crippen molar-refractivity contribution in [1.29, 1.82) is 0 Å². The van der Waals surface area contributed by atoms with Gasteiger partial charge in [-0.2, -0.15) is 5.10 Å². The number of likely N-dealkylation sites (N-methyl/N-ethyl adjacent to an activating group) is 1. The number of aromatic nitrogens is 4. The Hall–Kier alpha value is -3.79. The number of aromatic amines is 1. The van der Waals surface area contributed by atoms with Gasteiger partial charge in [0.2, 0.25) is 0 Å². The second kappa shape index (κ2) is 8.75. The Morgan fingerprint density at radius 2 is 1.88 bits per heavy atom. The first kappa shape index (κ1) is 21.4. The van der Waals surface area contributed by atoms with Crippen LogP contribution >= 0.6 is 0 Å². The number of fused-ring (bicyclic) bond motifs is 1. The number of imidazole rings is 1. The van der Waals surface area contributed by atoms with Crippen LogP contribution in [0.25, 0.3) is 22.3 Å². The van der Waals surface area contributed by atoms with Gasteiger partial charge in [0.05, 0.1) is 23.3 Å². The molecular weight excluding hydrogens is 418 g/mol. The Kier molecular flexibility index (Phi) is 5.87. The highest BCUT2D eigenvalue weighted by Crippen LogP contribution is 2.28. The number of rotatable bonds is 7. The third-order valence-corrected chi connectivity index (χ3v) is 4.84. The van der Waals surface area contributed by atoms with Crippen LogP contribution < -0.4 is 16.0 Å². The zero-order valence-electron chi connectivity index (χ0n) is 17.6. The molecule has 0 fully saturated rings. The van der Waals surface area contributed by atoms with E-state index in [1.165, 1.54) is 16.8 Å². The van der Waals surface area contributed by atoms with Crippen molar-refractivity contribution in [3.05, 3.63) is 70.0 Å². The Morgan fingerprint density at radius 1 is 1.12 bits per heavy atom. The maximum absolute atomic E-state index is 14.5. The maximum atomic E-state index is 14.5. The van der Waals surface area contributed by atoms with E-state index < -0.39 is 17.4 Å². The molecule has 0 bridgehead atoms. The number of anilines is 1. The van der Waals surface area contributed by atoms with E-state index in [1.807, 2.05) is 31.1 Å². The lowest BCUT2D eigenvalue weighted by molar-refractivity contribution is 0.242. The quantitative estimate of drug-likeness (QED) is 0.458. The molecule has 0 atom stereocenters. The molecule has 4 aromatic rings. The monoisotopic (exact) mass is 440 g/mol. The van der Waals surface area contributed by atoms with Gasteiger partial charge in [-0.3, -0.25) is 4.79 Å². The van der Waals surface area contributed by atoms with Gasteiger partial charge in [-0.1, -0.05) is 6.07 Å². The van der Waals surface area contributed by atoms with Crippen LogP contribution in [-0.4, -0.2) is 51.9 Å². The number of nitrogens with one attached hydrogen (secondary N) is 1. The summed E-state index contributed by atoms with van der Waals surface area (Å²) in [4.78, 5) is 21.3. The first-order valence-corrected chi connectivity index (χ1v) is 9.89. The van der Waals surface area contributed by atoms with Crippen molar-refractivity contribution >= 4 is 17.0 Å². The molecule has 0 aliphatic rings. The van der Waals surface area contributed by atoms with Crippen LogP contribution in [0, 0.1) is 11.6 Å². The number of H-pyrrole nitrogens is 1. The fraction of sp³-hybridized carbons (Fsp3) is 0.227. The summed E-state index contributed by atoms with van der Waals surface area (Å²) in [5.74, 6) is -1.80. The van der Waals surface area contributed by atoms with E-state index in [0.29, 0.717) is 18.0 Å². The molecule has 0 amide bonds. The van der Waals surface area contributed by atoms with Crippen molar-refractivity contribution in [1.82, 2.24) is 24.6 Å². The van der Waals surface area contributed by atoms with E-state index in [-0.39, 0.29) is 30.0 Å². The van der Waals surface area contributed by atoms with Crippen molar-refractivity contribution in [3.8, 4) is 17.0 Å². The van der Waals surface area contributed by atoms with Crippen LogP contribution in [0.2, 0.25) is 0 Å². The van der Waals surface area contributed by atoms with E-state index in [2.05, 4.69) is 15.1 Å². The Bertz CT molecular complexity index is 1310. The minimum absolute atomic E-state index is 0.148. The fourth-order valence-electron chi connectivity index (χ4n) is 3.23. The lowest BCUT2D eigenvalue weighted by atomic mass is 10.1. The summed E-state index contributed by atoms with van der Waals surface area (Å²) in [6, 6.07) is 10.4. The molecule has 0 saturated carbocycles. The first-order valence-electron chi connectivity index (χ1n) is 9.89. The van der Waals surface area contributed by atoms with Gasteiger partial charge in [-0.15, -0.1) is 0 Å². The van der Waals surface area contributed by atoms with E-state index >= 15 is 0 Å². The zero-order chi connectivity index (χ0) is 22.8. The number of hydrogen-bond donors (Lipinski definition) is 2. The summed E-state index contributed by atoms with van der Waals surface area (Å²) in [5.41, 5.74) is 8.00. The number of benzene rings is 2. The number of halogens is 2. The SMILES string of the molecule is CN(C)CCOc1c(F)cc(-c2ccc(=O)n(Cc3ccc4[nH]c(N)nc4c3)n2)cc1F. The summed E-state index contributed by atoms with van der Waals surface area (Å²) >= 11 is 0. The van der Waals surface area contributed by atoms with Crippen LogP contribution in [0.4, 0.5) is 14.7 Å². The third kappa shape index (κ3) is 4.59. The van der Waals surface area contributed by atoms with Gasteiger partial charge in [0, 0.05) is 18.2 Å². The van der Waals surface area contributed by atoms with Gasteiger partial charge < -0.3 is 20.4 Å². The van der Waals surface area contributed by atoms with Crippen molar-refractivity contribution in [3.63, 3.8) is 0 Å².